The van der Waals surface area contributed by atoms with Crippen LogP contribution in [0.25, 0.3) is 0 Å². The van der Waals surface area contributed by atoms with Crippen LogP contribution >= 0.6 is 24.4 Å². The van der Waals surface area contributed by atoms with Crippen LogP contribution in [0.2, 0.25) is 0 Å². The Morgan fingerprint density at radius 3 is 2.07 bits per heavy atom. The highest BCUT2D eigenvalue weighted by Gasteiger charge is 2.10. The minimum Gasteiger partial charge on any atom is -0.379 e. The fourth-order valence-electron chi connectivity index (χ4n) is 2.88. The van der Waals surface area contributed by atoms with E-state index in [2.05, 4.69) is 62.3 Å². The molecule has 1 aliphatic heterocycles. The van der Waals surface area contributed by atoms with E-state index < -0.39 is 0 Å². The number of morpholine rings is 1. The number of hydrazone groups is 2. The molecule has 11 heteroatoms. The van der Waals surface area contributed by atoms with E-state index in [9.17, 15) is 0 Å². The van der Waals surface area contributed by atoms with E-state index in [4.69, 9.17) is 29.2 Å². The molecule has 1 heterocycles. The van der Waals surface area contributed by atoms with Crippen molar-refractivity contribution >= 4 is 46.1 Å². The number of ether oxygens (including phenoxy) is 1. The third-order valence-electron chi connectivity index (χ3n) is 4.98. The van der Waals surface area contributed by atoms with Crippen molar-refractivity contribution in [1.82, 2.24) is 31.3 Å². The van der Waals surface area contributed by atoms with Crippen LogP contribution in [0.3, 0.4) is 0 Å². The molecule has 0 amide bonds. The largest absolute Gasteiger partial charge is 0.379 e. The van der Waals surface area contributed by atoms with Crippen molar-refractivity contribution in [2.24, 2.45) is 10.2 Å². The van der Waals surface area contributed by atoms with Crippen molar-refractivity contribution in [3.63, 3.8) is 0 Å². The molecule has 0 aromatic heterocycles. The van der Waals surface area contributed by atoms with Gasteiger partial charge in [0.1, 0.15) is 0 Å². The van der Waals surface area contributed by atoms with Crippen LogP contribution in [-0.2, 0) is 4.74 Å². The van der Waals surface area contributed by atoms with Gasteiger partial charge in [-0.1, -0.05) is 13.8 Å². The average molecular weight is 459 g/mol. The van der Waals surface area contributed by atoms with E-state index >= 15 is 0 Å². The molecule has 0 radical (unpaired) electrons. The van der Waals surface area contributed by atoms with Crippen LogP contribution in [-0.4, -0.2) is 96.5 Å². The van der Waals surface area contributed by atoms with Gasteiger partial charge in [0.25, 0.3) is 0 Å². The van der Waals surface area contributed by atoms with Gasteiger partial charge in [0.2, 0.25) is 0 Å². The summed E-state index contributed by atoms with van der Waals surface area (Å²) in [7, 11) is 0. The molecule has 0 aromatic carbocycles. The van der Waals surface area contributed by atoms with E-state index in [1.54, 1.807) is 0 Å². The first kappa shape index (κ1) is 26.6. The van der Waals surface area contributed by atoms with Gasteiger partial charge in [-0.2, -0.15) is 10.2 Å². The molecule has 1 atom stereocenters. The maximum Gasteiger partial charge on any atom is 0.187 e. The predicted octanol–water partition coefficient (Wildman–Crippen LogP) is 0.729. The number of nitrogens with zero attached hydrogens (tertiary/aromatic N) is 4. The third-order valence-corrected chi connectivity index (χ3v) is 5.46. The van der Waals surface area contributed by atoms with Crippen LogP contribution in [0.4, 0.5) is 0 Å². The summed E-state index contributed by atoms with van der Waals surface area (Å²) >= 11 is 10.6. The Hall–Kier alpha value is -1.40. The maximum absolute atomic E-state index is 5.34. The third kappa shape index (κ3) is 11.1. The lowest BCUT2D eigenvalue weighted by Crippen LogP contribution is -2.44. The molecule has 0 bridgehead atoms. The molecule has 9 nitrogen and oxygen atoms in total. The second-order valence-electron chi connectivity index (χ2n) is 7.11. The Morgan fingerprint density at radius 2 is 1.53 bits per heavy atom. The van der Waals surface area contributed by atoms with Crippen molar-refractivity contribution in [3.8, 4) is 0 Å². The van der Waals surface area contributed by atoms with Gasteiger partial charge in [0.05, 0.1) is 24.6 Å². The van der Waals surface area contributed by atoms with Gasteiger partial charge in [0.15, 0.2) is 10.2 Å². The second-order valence-corrected chi connectivity index (χ2v) is 7.92. The van der Waals surface area contributed by atoms with Crippen molar-refractivity contribution in [1.29, 1.82) is 0 Å². The Labute approximate surface area is 192 Å². The highest BCUT2D eigenvalue weighted by Crippen LogP contribution is 1.96. The van der Waals surface area contributed by atoms with Gasteiger partial charge in [-0.3, -0.25) is 20.7 Å². The zero-order valence-electron chi connectivity index (χ0n) is 19.0. The second kappa shape index (κ2) is 15.4. The number of hydrogen-bond donors (Lipinski definition) is 4. The monoisotopic (exact) mass is 458 g/mol. The summed E-state index contributed by atoms with van der Waals surface area (Å²) in [4.78, 5) is 4.71. The average Bonchev–Trinajstić information content (AvgIpc) is 2.75. The molecule has 172 valence electrons. The zero-order chi connectivity index (χ0) is 22.4. The van der Waals surface area contributed by atoms with Gasteiger partial charge < -0.3 is 15.4 Å². The fourth-order valence-corrected chi connectivity index (χ4v) is 3.16. The molecule has 0 aliphatic carbocycles. The lowest BCUT2D eigenvalue weighted by Gasteiger charge is -2.26. The molecule has 0 saturated carbocycles. The predicted molar refractivity (Wildman–Crippen MR) is 133 cm³/mol. The summed E-state index contributed by atoms with van der Waals surface area (Å²) < 4.78 is 5.34. The molecule has 30 heavy (non-hydrogen) atoms. The molecule has 1 fully saturated rings. The molecular weight excluding hydrogens is 420 g/mol. The smallest absolute Gasteiger partial charge is 0.187 e. The van der Waals surface area contributed by atoms with Crippen LogP contribution < -0.4 is 21.5 Å². The molecule has 0 aromatic rings. The number of nitrogens with one attached hydrogen (secondary N) is 4. The SMILES string of the molecule is CCN(CC)C(C)CNC(=S)N/N=C(C)/C(C)=N/NC(=S)NCCN1CCOCC1. The van der Waals surface area contributed by atoms with Crippen LogP contribution in [0.1, 0.15) is 34.6 Å². The van der Waals surface area contributed by atoms with Gasteiger partial charge in [-0.25, -0.2) is 0 Å². The Bertz CT molecular complexity index is 589. The fraction of sp³-hybridized carbons (Fsp3) is 0.789. The molecule has 4 N–H and O–H groups in total. The summed E-state index contributed by atoms with van der Waals surface area (Å²) in [5.41, 5.74) is 7.17. The quantitative estimate of drug-likeness (QED) is 0.203. The summed E-state index contributed by atoms with van der Waals surface area (Å²) in [5.74, 6) is 0. The maximum atomic E-state index is 5.34. The Balaban J connectivity index is 2.29. The molecule has 1 saturated heterocycles. The molecule has 1 aliphatic rings. The van der Waals surface area contributed by atoms with Crippen molar-refractivity contribution < 1.29 is 4.74 Å². The van der Waals surface area contributed by atoms with E-state index in [0.29, 0.717) is 16.3 Å². The zero-order valence-corrected chi connectivity index (χ0v) is 20.6. The van der Waals surface area contributed by atoms with Crippen LogP contribution in [0, 0.1) is 0 Å². The Kier molecular flexibility index (Phi) is 13.7. The highest BCUT2D eigenvalue weighted by molar-refractivity contribution is 7.80. The lowest BCUT2D eigenvalue weighted by molar-refractivity contribution is 0.0389. The van der Waals surface area contributed by atoms with E-state index in [1.807, 2.05) is 13.8 Å². The summed E-state index contributed by atoms with van der Waals surface area (Å²) in [5, 5.41) is 15.9. The van der Waals surface area contributed by atoms with Crippen molar-refractivity contribution in [3.05, 3.63) is 0 Å². The minimum atomic E-state index is 0.397. The summed E-state index contributed by atoms with van der Waals surface area (Å²) in [6, 6.07) is 0.397. The van der Waals surface area contributed by atoms with E-state index in [0.717, 1.165) is 70.5 Å². The van der Waals surface area contributed by atoms with Gasteiger partial charge >= 0.3 is 0 Å². The van der Waals surface area contributed by atoms with Gasteiger partial charge in [0, 0.05) is 38.8 Å². The number of thiocarbonyl (C=S) groups is 2. The van der Waals surface area contributed by atoms with E-state index in [1.165, 1.54) is 0 Å². The van der Waals surface area contributed by atoms with Crippen molar-refractivity contribution in [2.75, 3.05) is 59.0 Å². The van der Waals surface area contributed by atoms with Crippen LogP contribution in [0.5, 0.6) is 0 Å². The van der Waals surface area contributed by atoms with Gasteiger partial charge in [-0.05, 0) is 58.3 Å². The number of hydrogen-bond acceptors (Lipinski definition) is 7. The summed E-state index contributed by atoms with van der Waals surface area (Å²) in [6.45, 7) is 18.2. The normalized spacial score (nSPS) is 16.9. The molecule has 1 rings (SSSR count). The summed E-state index contributed by atoms with van der Waals surface area (Å²) in [6.07, 6.45) is 0. The Morgan fingerprint density at radius 1 is 1.00 bits per heavy atom. The van der Waals surface area contributed by atoms with Gasteiger partial charge in [-0.15, -0.1) is 0 Å². The number of likely N-dealkylation sites (N-methyl/N-ethyl adjacent to an activating group) is 1. The molecule has 0 spiro atoms. The highest BCUT2D eigenvalue weighted by atomic mass is 32.1. The van der Waals surface area contributed by atoms with Crippen molar-refractivity contribution in [2.45, 2.75) is 40.7 Å². The van der Waals surface area contributed by atoms with E-state index in [-0.39, 0.29) is 0 Å². The number of rotatable bonds is 11. The first-order valence-corrected chi connectivity index (χ1v) is 11.4. The first-order valence-electron chi connectivity index (χ1n) is 10.6. The first-order chi connectivity index (χ1) is 14.4. The molecule has 1 unspecified atom stereocenters. The topological polar surface area (TPSA) is 88.5 Å². The lowest BCUT2D eigenvalue weighted by atomic mass is 10.3. The van der Waals surface area contributed by atoms with Crippen LogP contribution in [0.15, 0.2) is 10.2 Å². The standard InChI is InChI=1S/C19H38N8OS2/c1-6-27(7-2)15(3)14-21-19(30)25-23-17(5)16(4)22-24-18(29)20-8-9-26-10-12-28-13-11-26/h15H,6-14H2,1-5H3,(H2,20,24,29)(H2,21,25,30)/b22-16+,23-17+. The molecular formula is C19H38N8OS2. The minimum absolute atomic E-state index is 0.397.